The van der Waals surface area contributed by atoms with Crippen molar-refractivity contribution in [2.45, 2.75) is 6.10 Å². The highest BCUT2D eigenvalue weighted by Gasteiger charge is 2.32. The predicted octanol–water partition coefficient (Wildman–Crippen LogP) is 1.83. The molecule has 2 heterocycles. The summed E-state index contributed by atoms with van der Waals surface area (Å²) in [6, 6.07) is 10.6. The number of nitrogens with zero attached hydrogens (tertiary/aromatic N) is 1. The van der Waals surface area contributed by atoms with Crippen LogP contribution in [0.5, 0.6) is 5.75 Å². The van der Waals surface area contributed by atoms with Crippen LogP contribution in [0.4, 0.5) is 5.69 Å². The van der Waals surface area contributed by atoms with Gasteiger partial charge >= 0.3 is 0 Å². The summed E-state index contributed by atoms with van der Waals surface area (Å²) in [4.78, 5) is 25.9. The molecule has 1 aliphatic rings. The number of ether oxygens (including phenoxy) is 1. The molecule has 0 spiro atoms. The molecule has 3 rings (SSSR count). The highest BCUT2D eigenvalue weighted by Crippen LogP contribution is 2.33. The van der Waals surface area contributed by atoms with Crippen LogP contribution in [0, 0.1) is 0 Å². The zero-order valence-corrected chi connectivity index (χ0v) is 12.6. The summed E-state index contributed by atoms with van der Waals surface area (Å²) >= 11 is 0. The molecule has 0 aliphatic carbocycles. The maximum absolute atomic E-state index is 12.5. The third-order valence-electron chi connectivity index (χ3n) is 3.51. The van der Waals surface area contributed by atoms with Crippen molar-refractivity contribution in [3.63, 3.8) is 0 Å². The Morgan fingerprint density at radius 3 is 2.83 bits per heavy atom. The molecule has 6 heteroatoms. The van der Waals surface area contributed by atoms with Crippen LogP contribution in [0.15, 0.2) is 53.2 Å². The second-order valence-electron chi connectivity index (χ2n) is 4.99. The molecule has 0 saturated carbocycles. The van der Waals surface area contributed by atoms with Gasteiger partial charge in [0.05, 0.1) is 18.5 Å². The molecule has 0 radical (unpaired) electrons. The van der Waals surface area contributed by atoms with Crippen LogP contribution in [-0.4, -0.2) is 31.5 Å². The highest BCUT2D eigenvalue weighted by atomic mass is 16.5. The molecule has 0 fully saturated rings. The summed E-state index contributed by atoms with van der Waals surface area (Å²) in [7, 11) is 1.54. The number of fused-ring (bicyclic) bond motifs is 1. The van der Waals surface area contributed by atoms with E-state index >= 15 is 0 Å². The summed E-state index contributed by atoms with van der Waals surface area (Å²) in [5.41, 5.74) is 0.641. The zero-order chi connectivity index (χ0) is 16.2. The van der Waals surface area contributed by atoms with Crippen LogP contribution in [0.3, 0.4) is 0 Å². The van der Waals surface area contributed by atoms with E-state index in [2.05, 4.69) is 5.32 Å². The van der Waals surface area contributed by atoms with Gasteiger partial charge in [-0.05, 0) is 30.3 Å². The number of furan rings is 1. The third-order valence-corrected chi connectivity index (χ3v) is 3.51. The Balaban J connectivity index is 1.87. The van der Waals surface area contributed by atoms with Crippen molar-refractivity contribution in [3.8, 4) is 5.75 Å². The number of para-hydroxylation sites is 2. The average Bonchev–Trinajstić information content (AvgIpc) is 3.11. The second-order valence-corrected chi connectivity index (χ2v) is 4.99. The number of hydrogen-bond donors (Lipinski definition) is 1. The number of carbonyl (C=O) groups is 2. The van der Waals surface area contributed by atoms with Gasteiger partial charge in [0.1, 0.15) is 11.5 Å². The molecule has 0 saturated heterocycles. The van der Waals surface area contributed by atoms with Gasteiger partial charge in [-0.2, -0.15) is 0 Å². The van der Waals surface area contributed by atoms with Gasteiger partial charge in [0.2, 0.25) is 0 Å². The summed E-state index contributed by atoms with van der Waals surface area (Å²) in [5.74, 6) is 0.577. The molecule has 0 bridgehead atoms. The maximum atomic E-state index is 12.5. The van der Waals surface area contributed by atoms with E-state index in [1.807, 2.05) is 6.07 Å². The predicted molar refractivity (Wildman–Crippen MR) is 85.0 cm³/mol. The molecule has 2 aromatic rings. The van der Waals surface area contributed by atoms with E-state index in [0.717, 1.165) is 0 Å². The van der Waals surface area contributed by atoms with E-state index in [1.54, 1.807) is 36.4 Å². The van der Waals surface area contributed by atoms with E-state index in [4.69, 9.17) is 9.15 Å². The minimum absolute atomic E-state index is 0.151. The molecule has 2 amide bonds. The Morgan fingerprint density at radius 1 is 1.26 bits per heavy atom. The number of carbonyl (C=O) groups excluding carboxylic acids is 2. The topological polar surface area (TPSA) is 71.8 Å². The van der Waals surface area contributed by atoms with Crippen LogP contribution in [0.1, 0.15) is 5.76 Å². The molecule has 23 heavy (non-hydrogen) atoms. The largest absolute Gasteiger partial charge is 0.477 e. The van der Waals surface area contributed by atoms with Crippen LogP contribution >= 0.6 is 0 Å². The second kappa shape index (κ2) is 6.39. The van der Waals surface area contributed by atoms with Crippen LogP contribution in [0.2, 0.25) is 0 Å². The number of hydrogen-bond acceptors (Lipinski definition) is 4. The minimum atomic E-state index is -0.740. The van der Waals surface area contributed by atoms with E-state index in [-0.39, 0.29) is 18.4 Å². The fraction of sp³-hybridized carbons (Fsp3) is 0.176. The van der Waals surface area contributed by atoms with Crippen molar-refractivity contribution in [1.29, 1.82) is 0 Å². The van der Waals surface area contributed by atoms with Gasteiger partial charge in [-0.25, -0.2) is 0 Å². The standard InChI is InChI=1S/C17H16N2O4/c1-18-17(21)15-11-19(13-6-2-3-7-14(13)23-15)16(20)9-8-12-5-4-10-22-12/h2-10,15H,11H2,1H3,(H,18,21)/b9-8+/t15-/m1/s1. The van der Waals surface area contributed by atoms with Crippen LogP contribution in [-0.2, 0) is 9.59 Å². The Kier molecular flexibility index (Phi) is 4.14. The first-order valence-electron chi connectivity index (χ1n) is 7.19. The number of rotatable bonds is 3. The monoisotopic (exact) mass is 312 g/mol. The first-order chi connectivity index (χ1) is 11.2. The summed E-state index contributed by atoms with van der Waals surface area (Å²) < 4.78 is 10.8. The quantitative estimate of drug-likeness (QED) is 0.878. The fourth-order valence-corrected chi connectivity index (χ4v) is 2.37. The minimum Gasteiger partial charge on any atom is -0.477 e. The molecule has 1 aromatic carbocycles. The van der Waals surface area contributed by atoms with Gasteiger partial charge in [-0.1, -0.05) is 12.1 Å². The molecule has 0 unspecified atom stereocenters. The molecule has 1 aliphatic heterocycles. The normalized spacial score (nSPS) is 16.7. The summed E-state index contributed by atoms with van der Waals surface area (Å²) in [5, 5.41) is 2.54. The Bertz CT molecular complexity index is 737. The van der Waals surface area contributed by atoms with E-state index in [0.29, 0.717) is 17.2 Å². The fourth-order valence-electron chi connectivity index (χ4n) is 2.37. The lowest BCUT2D eigenvalue weighted by atomic mass is 10.1. The van der Waals surface area contributed by atoms with Crippen LogP contribution in [0.25, 0.3) is 6.08 Å². The Morgan fingerprint density at radius 2 is 2.09 bits per heavy atom. The summed E-state index contributed by atoms with van der Waals surface area (Å²) in [6.07, 6.45) is 3.81. The molecule has 1 atom stereocenters. The lowest BCUT2D eigenvalue weighted by molar-refractivity contribution is -0.127. The van der Waals surface area contributed by atoms with Crippen molar-refractivity contribution >= 4 is 23.6 Å². The molecule has 1 N–H and O–H groups in total. The van der Waals surface area contributed by atoms with E-state index in [9.17, 15) is 9.59 Å². The summed E-state index contributed by atoms with van der Waals surface area (Å²) in [6.45, 7) is 0.151. The molecule has 6 nitrogen and oxygen atoms in total. The molecular weight excluding hydrogens is 296 g/mol. The van der Waals surface area contributed by atoms with E-state index in [1.165, 1.54) is 24.3 Å². The van der Waals surface area contributed by atoms with Gasteiger partial charge in [-0.15, -0.1) is 0 Å². The highest BCUT2D eigenvalue weighted by molar-refractivity contribution is 6.05. The molecular formula is C17H16N2O4. The van der Waals surface area contributed by atoms with Crippen LogP contribution < -0.4 is 15.0 Å². The average molecular weight is 312 g/mol. The number of amides is 2. The molecule has 1 aromatic heterocycles. The van der Waals surface area contributed by atoms with Gasteiger partial charge < -0.3 is 19.4 Å². The Hall–Kier alpha value is -3.02. The maximum Gasteiger partial charge on any atom is 0.262 e. The first kappa shape index (κ1) is 14.9. The number of likely N-dealkylation sites (N-methyl/N-ethyl adjacent to an activating group) is 1. The SMILES string of the molecule is CNC(=O)[C@H]1CN(C(=O)/C=C/c2ccco2)c2ccccc2O1. The van der Waals surface area contributed by atoms with Crippen molar-refractivity contribution in [3.05, 3.63) is 54.5 Å². The first-order valence-corrected chi connectivity index (χ1v) is 7.19. The van der Waals surface area contributed by atoms with E-state index < -0.39 is 6.10 Å². The van der Waals surface area contributed by atoms with Crippen molar-refractivity contribution in [1.82, 2.24) is 5.32 Å². The lowest BCUT2D eigenvalue weighted by Gasteiger charge is -2.33. The van der Waals surface area contributed by atoms with Crippen molar-refractivity contribution in [2.75, 3.05) is 18.5 Å². The zero-order valence-electron chi connectivity index (χ0n) is 12.6. The lowest BCUT2D eigenvalue weighted by Crippen LogP contribution is -2.49. The van der Waals surface area contributed by atoms with Crippen molar-refractivity contribution < 1.29 is 18.7 Å². The number of benzene rings is 1. The molecule has 118 valence electrons. The van der Waals surface area contributed by atoms with Gasteiger partial charge in [0.25, 0.3) is 11.8 Å². The number of nitrogens with one attached hydrogen (secondary N) is 1. The number of anilines is 1. The van der Waals surface area contributed by atoms with Gasteiger partial charge in [-0.3, -0.25) is 9.59 Å². The third kappa shape index (κ3) is 3.11. The smallest absolute Gasteiger partial charge is 0.262 e. The Labute approximate surface area is 133 Å². The van der Waals surface area contributed by atoms with Gasteiger partial charge in [0.15, 0.2) is 6.10 Å². The van der Waals surface area contributed by atoms with Gasteiger partial charge in [0, 0.05) is 13.1 Å². The van der Waals surface area contributed by atoms with Crippen molar-refractivity contribution in [2.24, 2.45) is 0 Å².